The van der Waals surface area contributed by atoms with Crippen molar-refractivity contribution in [2.45, 2.75) is 11.8 Å². The Morgan fingerprint density at radius 3 is 2.61 bits per heavy atom. The number of aromatic amines is 1. The van der Waals surface area contributed by atoms with Gasteiger partial charge in [-0.25, -0.2) is 13.4 Å². The minimum absolute atomic E-state index is 0.0961. The van der Waals surface area contributed by atoms with Crippen molar-refractivity contribution < 1.29 is 17.9 Å². The van der Waals surface area contributed by atoms with Crippen molar-refractivity contribution in [1.29, 1.82) is 0 Å². The zero-order valence-corrected chi connectivity index (χ0v) is 19.5. The number of carbonyl (C=O) groups excluding carboxylic acids is 1. The van der Waals surface area contributed by atoms with Crippen LogP contribution in [0.15, 0.2) is 41.4 Å². The molecule has 1 saturated heterocycles. The number of hydrogen-bond acceptors (Lipinski definition) is 7. The summed E-state index contributed by atoms with van der Waals surface area (Å²) in [6.45, 7) is 2.89. The van der Waals surface area contributed by atoms with E-state index in [4.69, 9.17) is 4.74 Å². The van der Waals surface area contributed by atoms with Gasteiger partial charge in [-0.1, -0.05) is 0 Å². The van der Waals surface area contributed by atoms with Crippen LogP contribution in [0.1, 0.15) is 15.4 Å². The number of methoxy groups -OCH3 is 1. The van der Waals surface area contributed by atoms with Gasteiger partial charge < -0.3 is 9.72 Å². The van der Waals surface area contributed by atoms with Crippen molar-refractivity contribution in [3.8, 4) is 17.0 Å². The van der Waals surface area contributed by atoms with Crippen LogP contribution in [-0.4, -0.2) is 60.3 Å². The molecule has 0 atom stereocenters. The molecule has 8 nitrogen and oxygen atoms in total. The van der Waals surface area contributed by atoms with Crippen LogP contribution in [0, 0.1) is 6.92 Å². The maximum Gasteiger partial charge on any atom is 0.273 e. The van der Waals surface area contributed by atoms with Gasteiger partial charge in [0, 0.05) is 41.2 Å². The normalized spacial score (nSPS) is 15.0. The van der Waals surface area contributed by atoms with Gasteiger partial charge in [0.25, 0.3) is 5.91 Å². The van der Waals surface area contributed by atoms with Crippen molar-refractivity contribution in [3.63, 3.8) is 0 Å². The van der Waals surface area contributed by atoms with Gasteiger partial charge in [-0.2, -0.15) is 16.1 Å². The molecule has 0 aliphatic carbocycles. The second kappa shape index (κ2) is 9.03. The smallest absolute Gasteiger partial charge is 0.273 e. The first-order valence-electron chi connectivity index (χ1n) is 9.58. The third-order valence-corrected chi connectivity index (χ3v) is 8.59. The van der Waals surface area contributed by atoms with Crippen molar-refractivity contribution in [1.82, 2.24) is 14.3 Å². The first-order chi connectivity index (χ1) is 14.9. The number of carbonyl (C=O) groups is 1. The molecule has 0 radical (unpaired) electrons. The Morgan fingerprint density at radius 2 is 1.94 bits per heavy atom. The second-order valence-corrected chi connectivity index (χ2v) is 11.2. The molecule has 1 fully saturated rings. The lowest BCUT2D eigenvalue weighted by Gasteiger charge is -2.24. The number of ether oxygens (including phenoxy) is 1. The van der Waals surface area contributed by atoms with Crippen LogP contribution in [0.25, 0.3) is 11.3 Å². The quantitative estimate of drug-likeness (QED) is 0.562. The van der Waals surface area contributed by atoms with Gasteiger partial charge in [-0.3, -0.25) is 10.1 Å². The highest BCUT2D eigenvalue weighted by molar-refractivity contribution is 7.99. The molecule has 0 unspecified atom stereocenters. The summed E-state index contributed by atoms with van der Waals surface area (Å²) in [7, 11) is -2.00. The molecule has 3 aromatic rings. The molecule has 0 saturated carbocycles. The number of thioether (sulfide) groups is 1. The number of aromatic nitrogens is 2. The monoisotopic (exact) mass is 478 g/mol. The lowest BCUT2D eigenvalue weighted by Crippen LogP contribution is -2.37. The maximum absolute atomic E-state index is 12.8. The van der Waals surface area contributed by atoms with E-state index in [0.717, 1.165) is 33.4 Å². The number of nitrogens with one attached hydrogen (secondary N) is 2. The summed E-state index contributed by atoms with van der Waals surface area (Å²) < 4.78 is 32.2. The zero-order valence-electron chi connectivity index (χ0n) is 17.0. The Morgan fingerprint density at radius 1 is 1.23 bits per heavy atom. The number of rotatable bonds is 6. The Labute approximate surface area is 189 Å². The Kier molecular flexibility index (Phi) is 6.37. The SMILES string of the molecule is COc1ccc(-c2nc(NC(=O)c3cc(S(=O)(=O)N4CCSCC4)c[nH]3)sc2C)cc1. The number of aryl methyl sites for hydroxylation is 1. The highest BCUT2D eigenvalue weighted by Gasteiger charge is 2.28. The van der Waals surface area contributed by atoms with Crippen LogP contribution in [0.4, 0.5) is 5.13 Å². The molecule has 1 aliphatic rings. The van der Waals surface area contributed by atoms with Crippen LogP contribution in [0.5, 0.6) is 5.75 Å². The molecule has 3 heterocycles. The largest absolute Gasteiger partial charge is 0.497 e. The van der Waals surface area contributed by atoms with Gasteiger partial charge >= 0.3 is 0 Å². The topological polar surface area (TPSA) is 104 Å². The van der Waals surface area contributed by atoms with E-state index in [1.807, 2.05) is 31.2 Å². The predicted octanol–water partition coefficient (Wildman–Crippen LogP) is 3.45. The van der Waals surface area contributed by atoms with E-state index in [1.54, 1.807) is 18.9 Å². The van der Waals surface area contributed by atoms with Crippen LogP contribution in [0.2, 0.25) is 0 Å². The van der Waals surface area contributed by atoms with Gasteiger partial charge in [0.1, 0.15) is 16.3 Å². The molecule has 4 rings (SSSR count). The molecule has 164 valence electrons. The summed E-state index contributed by atoms with van der Waals surface area (Å²) in [5, 5.41) is 3.20. The number of thiazole rings is 1. The number of nitrogens with zero attached hydrogens (tertiary/aromatic N) is 2. The summed E-state index contributed by atoms with van der Waals surface area (Å²) in [4.78, 5) is 21.0. The maximum atomic E-state index is 12.8. The number of benzene rings is 1. The van der Waals surface area contributed by atoms with E-state index < -0.39 is 15.9 Å². The van der Waals surface area contributed by atoms with Gasteiger partial charge in [0.15, 0.2) is 5.13 Å². The Balaban J connectivity index is 1.49. The summed E-state index contributed by atoms with van der Waals surface area (Å²) in [5.74, 6) is 1.87. The van der Waals surface area contributed by atoms with Crippen LogP contribution in [0.3, 0.4) is 0 Å². The van der Waals surface area contributed by atoms with E-state index in [1.165, 1.54) is 27.9 Å². The molecular formula is C20H22N4O4S3. The molecule has 1 aliphatic heterocycles. The van der Waals surface area contributed by atoms with Crippen molar-refractivity contribution in [2.75, 3.05) is 37.0 Å². The average Bonchev–Trinajstić information content (AvgIpc) is 3.42. The molecule has 2 aromatic heterocycles. The first kappa shape index (κ1) is 21.9. The fraction of sp³-hybridized carbons (Fsp3) is 0.300. The lowest BCUT2D eigenvalue weighted by molar-refractivity contribution is 0.102. The fourth-order valence-corrected chi connectivity index (χ4v) is 6.62. The first-order valence-corrected chi connectivity index (χ1v) is 13.0. The third-order valence-electron chi connectivity index (χ3n) is 4.89. The van der Waals surface area contributed by atoms with E-state index in [9.17, 15) is 13.2 Å². The van der Waals surface area contributed by atoms with E-state index in [2.05, 4.69) is 15.3 Å². The Hall–Kier alpha value is -2.34. The highest BCUT2D eigenvalue weighted by Crippen LogP contribution is 2.31. The summed E-state index contributed by atoms with van der Waals surface area (Å²) in [6.07, 6.45) is 1.36. The van der Waals surface area contributed by atoms with Crippen molar-refractivity contribution >= 4 is 44.2 Å². The van der Waals surface area contributed by atoms with Crippen molar-refractivity contribution in [3.05, 3.63) is 47.1 Å². The molecule has 0 bridgehead atoms. The summed E-state index contributed by atoms with van der Waals surface area (Å²) >= 11 is 3.09. The van der Waals surface area contributed by atoms with Gasteiger partial charge in [0.05, 0.1) is 12.8 Å². The number of sulfonamides is 1. The summed E-state index contributed by atoms with van der Waals surface area (Å²) in [6, 6.07) is 8.90. The highest BCUT2D eigenvalue weighted by atomic mass is 32.2. The minimum Gasteiger partial charge on any atom is -0.497 e. The second-order valence-electron chi connectivity index (χ2n) is 6.87. The standard InChI is InChI=1S/C20H22N4O4S3/c1-13-18(14-3-5-15(28-2)6-4-14)22-20(30-13)23-19(25)17-11-16(12-21-17)31(26,27)24-7-9-29-10-8-24/h3-6,11-12,21H,7-10H2,1-2H3,(H,22,23,25). The average molecular weight is 479 g/mol. The summed E-state index contributed by atoms with van der Waals surface area (Å²) in [5.41, 5.74) is 1.87. The number of anilines is 1. The third kappa shape index (κ3) is 4.64. The molecule has 31 heavy (non-hydrogen) atoms. The van der Waals surface area contributed by atoms with Crippen LogP contribution < -0.4 is 10.1 Å². The predicted molar refractivity (Wildman–Crippen MR) is 124 cm³/mol. The van der Waals surface area contributed by atoms with Crippen LogP contribution in [-0.2, 0) is 10.0 Å². The zero-order chi connectivity index (χ0) is 22.0. The van der Waals surface area contributed by atoms with Gasteiger partial charge in [0.2, 0.25) is 10.0 Å². The van der Waals surface area contributed by atoms with E-state index in [0.29, 0.717) is 18.2 Å². The van der Waals surface area contributed by atoms with E-state index >= 15 is 0 Å². The Bertz CT molecular complexity index is 1180. The molecular weight excluding hydrogens is 456 g/mol. The minimum atomic E-state index is -3.61. The molecule has 11 heteroatoms. The van der Waals surface area contributed by atoms with Crippen LogP contribution >= 0.6 is 23.1 Å². The number of hydrogen-bond donors (Lipinski definition) is 2. The molecule has 2 N–H and O–H groups in total. The number of H-pyrrole nitrogens is 1. The molecule has 1 amide bonds. The van der Waals surface area contributed by atoms with Crippen molar-refractivity contribution in [2.24, 2.45) is 0 Å². The molecule has 0 spiro atoms. The fourth-order valence-electron chi connectivity index (χ4n) is 3.22. The number of amides is 1. The van der Waals surface area contributed by atoms with Gasteiger partial charge in [-0.05, 0) is 37.3 Å². The van der Waals surface area contributed by atoms with E-state index in [-0.39, 0.29) is 10.6 Å². The van der Waals surface area contributed by atoms with Gasteiger partial charge in [-0.15, -0.1) is 11.3 Å². The lowest BCUT2D eigenvalue weighted by atomic mass is 10.1. The molecule has 1 aromatic carbocycles.